The van der Waals surface area contributed by atoms with Crippen LogP contribution in [0.25, 0.3) is 0 Å². The van der Waals surface area contributed by atoms with Crippen molar-refractivity contribution >= 4 is 23.7 Å². The van der Waals surface area contributed by atoms with Crippen LogP contribution < -0.4 is 10.2 Å². The van der Waals surface area contributed by atoms with E-state index in [1.54, 1.807) is 13.3 Å². The van der Waals surface area contributed by atoms with Gasteiger partial charge in [-0.1, -0.05) is 0 Å². The fourth-order valence-electron chi connectivity index (χ4n) is 1.28. The molecule has 0 aliphatic carbocycles. The number of nitrogens with zero attached hydrogens (tertiary/aromatic N) is 4. The van der Waals surface area contributed by atoms with Crippen molar-refractivity contribution in [3.63, 3.8) is 0 Å². The monoisotopic (exact) mass is 265 g/mol. The second-order valence-corrected chi connectivity index (χ2v) is 4.84. The van der Waals surface area contributed by atoms with Crippen molar-refractivity contribution < 1.29 is 4.42 Å². The van der Waals surface area contributed by atoms with E-state index in [-0.39, 0.29) is 0 Å². The van der Waals surface area contributed by atoms with Gasteiger partial charge in [0.1, 0.15) is 5.76 Å². The molecule has 0 spiro atoms. The molecule has 0 aliphatic heterocycles. The SMILES string of the molecule is CNc1nc(Sc2ccoc2C)nc(N(C)C)n1. The van der Waals surface area contributed by atoms with Crippen LogP contribution in [0.4, 0.5) is 11.9 Å². The van der Waals surface area contributed by atoms with Gasteiger partial charge in [0.15, 0.2) is 5.16 Å². The van der Waals surface area contributed by atoms with Crippen molar-refractivity contribution in [1.82, 2.24) is 15.0 Å². The van der Waals surface area contributed by atoms with Gasteiger partial charge in [-0.15, -0.1) is 0 Å². The van der Waals surface area contributed by atoms with Gasteiger partial charge in [-0.2, -0.15) is 15.0 Å². The van der Waals surface area contributed by atoms with Crippen LogP contribution in [0.5, 0.6) is 0 Å². The van der Waals surface area contributed by atoms with E-state index in [0.717, 1.165) is 10.7 Å². The Kier molecular flexibility index (Phi) is 3.71. The van der Waals surface area contributed by atoms with Crippen LogP contribution in [-0.2, 0) is 0 Å². The lowest BCUT2D eigenvalue weighted by Crippen LogP contribution is -2.15. The highest BCUT2D eigenvalue weighted by Gasteiger charge is 2.11. The molecule has 18 heavy (non-hydrogen) atoms. The molecule has 2 rings (SSSR count). The second-order valence-electron chi connectivity index (χ2n) is 3.83. The van der Waals surface area contributed by atoms with Crippen molar-refractivity contribution in [1.29, 1.82) is 0 Å². The number of rotatable bonds is 4. The van der Waals surface area contributed by atoms with E-state index >= 15 is 0 Å². The van der Waals surface area contributed by atoms with Crippen LogP contribution in [0.15, 0.2) is 26.8 Å². The Bertz CT molecular complexity index is 540. The van der Waals surface area contributed by atoms with Crippen LogP contribution in [0.1, 0.15) is 5.76 Å². The standard InChI is InChI=1S/C11H15N5OS/c1-7-8(5-6-17-7)18-11-14-9(12-2)13-10(15-11)16(3)4/h5-6H,1-4H3,(H,12,13,14,15). The predicted octanol–water partition coefficient (Wildman–Crippen LogP) is 2.03. The summed E-state index contributed by atoms with van der Waals surface area (Å²) < 4.78 is 5.25. The quantitative estimate of drug-likeness (QED) is 0.907. The first kappa shape index (κ1) is 12.7. The number of hydrogen-bond acceptors (Lipinski definition) is 7. The van der Waals surface area contributed by atoms with Crippen molar-refractivity contribution in [2.45, 2.75) is 17.0 Å². The van der Waals surface area contributed by atoms with E-state index in [2.05, 4.69) is 20.3 Å². The summed E-state index contributed by atoms with van der Waals surface area (Å²) >= 11 is 1.46. The molecule has 2 aromatic heterocycles. The molecule has 0 saturated heterocycles. The zero-order valence-electron chi connectivity index (χ0n) is 10.8. The van der Waals surface area contributed by atoms with Crippen molar-refractivity contribution in [3.8, 4) is 0 Å². The zero-order valence-corrected chi connectivity index (χ0v) is 11.6. The van der Waals surface area contributed by atoms with Crippen LogP contribution >= 0.6 is 11.8 Å². The lowest BCUT2D eigenvalue weighted by atomic mass is 10.5. The average molecular weight is 265 g/mol. The van der Waals surface area contributed by atoms with Gasteiger partial charge in [0.2, 0.25) is 11.9 Å². The molecule has 6 nitrogen and oxygen atoms in total. The minimum atomic E-state index is 0.553. The summed E-state index contributed by atoms with van der Waals surface area (Å²) in [7, 11) is 5.57. The molecule has 0 aromatic carbocycles. The summed E-state index contributed by atoms with van der Waals surface area (Å²) in [6.45, 7) is 1.91. The Morgan fingerprint density at radius 1 is 1.28 bits per heavy atom. The van der Waals surface area contributed by atoms with E-state index in [9.17, 15) is 0 Å². The third-order valence-corrected chi connectivity index (χ3v) is 3.25. The lowest BCUT2D eigenvalue weighted by molar-refractivity contribution is 0.527. The van der Waals surface area contributed by atoms with E-state index in [0.29, 0.717) is 17.1 Å². The minimum absolute atomic E-state index is 0.553. The normalized spacial score (nSPS) is 10.4. The van der Waals surface area contributed by atoms with E-state index < -0.39 is 0 Å². The van der Waals surface area contributed by atoms with Gasteiger partial charge in [-0.25, -0.2) is 0 Å². The number of anilines is 2. The molecule has 0 fully saturated rings. The number of hydrogen-bond donors (Lipinski definition) is 1. The molecule has 0 radical (unpaired) electrons. The average Bonchev–Trinajstić information content (AvgIpc) is 2.74. The fourth-order valence-corrected chi connectivity index (χ4v) is 2.05. The molecule has 0 aliphatic rings. The molecule has 0 unspecified atom stereocenters. The fraction of sp³-hybridized carbons (Fsp3) is 0.364. The third kappa shape index (κ3) is 2.73. The molecule has 1 N–H and O–H groups in total. The Morgan fingerprint density at radius 2 is 2.06 bits per heavy atom. The molecule has 0 saturated carbocycles. The van der Waals surface area contributed by atoms with E-state index in [4.69, 9.17) is 4.42 Å². The maximum Gasteiger partial charge on any atom is 0.230 e. The first-order valence-corrected chi connectivity index (χ1v) is 6.25. The van der Waals surface area contributed by atoms with Crippen LogP contribution in [-0.4, -0.2) is 36.1 Å². The van der Waals surface area contributed by atoms with Crippen LogP contribution in [0, 0.1) is 6.92 Å². The van der Waals surface area contributed by atoms with Gasteiger partial charge in [0.05, 0.1) is 11.2 Å². The highest BCUT2D eigenvalue weighted by Crippen LogP contribution is 2.29. The maximum atomic E-state index is 5.25. The van der Waals surface area contributed by atoms with Crippen molar-refractivity contribution in [3.05, 3.63) is 18.1 Å². The van der Waals surface area contributed by atoms with Crippen molar-refractivity contribution in [2.24, 2.45) is 0 Å². The molecule has 2 aromatic rings. The van der Waals surface area contributed by atoms with Gasteiger partial charge < -0.3 is 14.6 Å². The second kappa shape index (κ2) is 5.26. The molecule has 2 heterocycles. The first-order chi connectivity index (χ1) is 8.60. The number of furan rings is 1. The molecule has 96 valence electrons. The van der Waals surface area contributed by atoms with Gasteiger partial charge in [0.25, 0.3) is 0 Å². The molecule has 0 atom stereocenters. The minimum Gasteiger partial charge on any atom is -0.468 e. The first-order valence-electron chi connectivity index (χ1n) is 5.43. The van der Waals surface area contributed by atoms with Crippen molar-refractivity contribution in [2.75, 3.05) is 31.4 Å². The molecular weight excluding hydrogens is 250 g/mol. The van der Waals surface area contributed by atoms with Gasteiger partial charge in [-0.3, -0.25) is 0 Å². The van der Waals surface area contributed by atoms with E-state index in [1.165, 1.54) is 11.8 Å². The third-order valence-electron chi connectivity index (χ3n) is 2.24. The predicted molar refractivity (Wildman–Crippen MR) is 71.3 cm³/mol. The Morgan fingerprint density at radius 3 is 2.61 bits per heavy atom. The van der Waals surface area contributed by atoms with E-state index in [1.807, 2.05) is 32.0 Å². The number of nitrogens with one attached hydrogen (secondary N) is 1. The summed E-state index contributed by atoms with van der Waals surface area (Å²) in [6.07, 6.45) is 1.66. The molecule has 7 heteroatoms. The molecular formula is C11H15N5OS. The number of aromatic nitrogens is 3. The Labute approximate surface area is 110 Å². The van der Waals surface area contributed by atoms with Crippen LogP contribution in [0.3, 0.4) is 0 Å². The van der Waals surface area contributed by atoms with Gasteiger partial charge in [0, 0.05) is 21.1 Å². The summed E-state index contributed by atoms with van der Waals surface area (Å²) in [6, 6.07) is 1.90. The summed E-state index contributed by atoms with van der Waals surface area (Å²) in [4.78, 5) is 15.8. The smallest absolute Gasteiger partial charge is 0.230 e. The lowest BCUT2D eigenvalue weighted by Gasteiger charge is -2.11. The highest BCUT2D eigenvalue weighted by atomic mass is 32.2. The Hall–Kier alpha value is -1.76. The summed E-state index contributed by atoms with van der Waals surface area (Å²) in [5.41, 5.74) is 0. The van der Waals surface area contributed by atoms with Crippen LogP contribution in [0.2, 0.25) is 0 Å². The molecule has 0 bridgehead atoms. The topological polar surface area (TPSA) is 67.1 Å². The Balaban J connectivity index is 2.32. The van der Waals surface area contributed by atoms with Gasteiger partial charge in [-0.05, 0) is 24.8 Å². The summed E-state index contributed by atoms with van der Waals surface area (Å²) in [5.74, 6) is 2.04. The highest BCUT2D eigenvalue weighted by molar-refractivity contribution is 7.99. The zero-order chi connectivity index (χ0) is 13.1. The molecule has 0 amide bonds. The summed E-state index contributed by atoms with van der Waals surface area (Å²) in [5, 5.41) is 3.57. The number of aryl methyl sites for hydroxylation is 1. The van der Waals surface area contributed by atoms with Gasteiger partial charge >= 0.3 is 0 Å². The maximum absolute atomic E-state index is 5.25. The largest absolute Gasteiger partial charge is 0.468 e.